The number of aromatic nitrogens is 3. The molecule has 2 saturated heterocycles. The zero-order chi connectivity index (χ0) is 45.2. The molecule has 4 aromatic rings. The summed E-state index contributed by atoms with van der Waals surface area (Å²) >= 11 is 0. The number of carbonyl (C=O) groups excluding carboxylic acids is 4. The lowest BCUT2D eigenvalue weighted by atomic mass is 9.85. The van der Waals surface area contributed by atoms with E-state index in [2.05, 4.69) is 40.1 Å². The molecule has 3 aliphatic rings. The molecule has 17 heteroatoms. The summed E-state index contributed by atoms with van der Waals surface area (Å²) < 4.78 is 62.0. The van der Waals surface area contributed by atoms with Gasteiger partial charge in [0.2, 0.25) is 24.1 Å². The summed E-state index contributed by atoms with van der Waals surface area (Å²) in [5.41, 5.74) is 1.54. The fraction of sp³-hybridized carbons (Fsp3) is 0.578. The van der Waals surface area contributed by atoms with Gasteiger partial charge in [0.25, 0.3) is 0 Å². The Bertz CT molecular complexity index is 2250. The highest BCUT2D eigenvalue weighted by molar-refractivity contribution is 5.93. The van der Waals surface area contributed by atoms with Gasteiger partial charge in [-0.25, -0.2) is 22.5 Å². The molecule has 0 bridgehead atoms. The van der Waals surface area contributed by atoms with Crippen molar-refractivity contribution in [2.45, 2.75) is 129 Å². The number of aromatic amines is 1. The molecule has 1 aliphatic carbocycles. The van der Waals surface area contributed by atoms with Crippen molar-refractivity contribution >= 4 is 46.1 Å². The van der Waals surface area contributed by atoms with Gasteiger partial charge in [-0.05, 0) is 87.5 Å². The second-order valence-corrected chi connectivity index (χ2v) is 18.4. The van der Waals surface area contributed by atoms with Gasteiger partial charge < -0.3 is 40.6 Å². The lowest BCUT2D eigenvalue weighted by molar-refractivity contribution is -0.138. The summed E-state index contributed by atoms with van der Waals surface area (Å²) in [6.07, 6.45) is -0.550. The van der Waals surface area contributed by atoms with Crippen LogP contribution in [0.3, 0.4) is 0 Å². The van der Waals surface area contributed by atoms with E-state index in [0.29, 0.717) is 46.0 Å². The number of likely N-dealkylation sites (tertiary alicyclic amines) is 2. The van der Waals surface area contributed by atoms with Crippen LogP contribution in [0.5, 0.6) is 0 Å². The average Bonchev–Trinajstić information content (AvgIpc) is 3.58. The fourth-order valence-corrected chi connectivity index (χ4v) is 8.51. The first-order valence-corrected chi connectivity index (χ1v) is 21.5. The lowest BCUT2D eigenvalue weighted by Gasteiger charge is -2.35. The van der Waals surface area contributed by atoms with Crippen molar-refractivity contribution in [2.24, 2.45) is 11.3 Å². The van der Waals surface area contributed by atoms with Crippen molar-refractivity contribution in [1.82, 2.24) is 45.6 Å². The van der Waals surface area contributed by atoms with Gasteiger partial charge >= 0.3 is 0 Å². The van der Waals surface area contributed by atoms with Crippen LogP contribution < -0.4 is 21.3 Å². The summed E-state index contributed by atoms with van der Waals surface area (Å²) in [4.78, 5) is 63.7. The number of amides is 4. The predicted molar refractivity (Wildman–Crippen MR) is 230 cm³/mol. The van der Waals surface area contributed by atoms with Crippen LogP contribution in [-0.4, -0.2) is 124 Å². The minimum Gasteiger partial charge on any atom is -0.352 e. The van der Waals surface area contributed by atoms with E-state index in [4.69, 9.17) is 4.98 Å². The Labute approximate surface area is 360 Å². The molecular weight excluding hydrogens is 807 g/mol. The monoisotopic (exact) mass is 867 g/mol. The first-order chi connectivity index (χ1) is 29.3. The molecule has 1 saturated carbocycles. The van der Waals surface area contributed by atoms with Crippen molar-refractivity contribution in [2.75, 3.05) is 27.2 Å². The molecule has 7 atom stereocenters. The highest BCUT2D eigenvalue weighted by Crippen LogP contribution is 2.39. The van der Waals surface area contributed by atoms with E-state index in [1.807, 2.05) is 7.05 Å². The summed E-state index contributed by atoms with van der Waals surface area (Å²) in [5.74, 6) is -1.95. The van der Waals surface area contributed by atoms with Crippen molar-refractivity contribution in [1.29, 1.82) is 0 Å². The standard InChI is InChI=1S/C41H50F4N8O4.C4H11N/c1-21(46-5)38(55)50-34(22-6-7-22)39(56)52-18-26(45)13-28(52)19-53-33-11-9-24(43)15-32(33)49-37(53)35-30(29-10-8-23(42)14-31(29)48-35)16-27-12-25(44)17-51(27)40(57)36(47-20-54)41(2,3)4;1-4(2)5-3/h8-11,14-15,20-22,25-28,34,36,46,48H,6-7,12-13,16-19H2,1-5H3,(H,47,54)(H,50,55);4-5H,1-3H3. The third-order valence-electron chi connectivity index (χ3n) is 12.3. The number of nitrogens with one attached hydrogen (secondary N) is 5. The number of benzene rings is 2. The number of nitrogens with zero attached hydrogens (tertiary/aromatic N) is 4. The Kier molecular flexibility index (Phi) is 14.4. The number of rotatable bonds is 14. The molecule has 0 spiro atoms. The van der Waals surface area contributed by atoms with E-state index in [1.54, 1.807) is 51.4 Å². The van der Waals surface area contributed by atoms with Crippen LogP contribution in [0.15, 0.2) is 36.4 Å². The van der Waals surface area contributed by atoms with Gasteiger partial charge in [0.05, 0.1) is 41.9 Å². The van der Waals surface area contributed by atoms with Crippen LogP contribution in [0.2, 0.25) is 0 Å². The number of hydrogen-bond donors (Lipinski definition) is 5. The topological polar surface area (TPSA) is 156 Å². The molecule has 62 heavy (non-hydrogen) atoms. The number of alkyl halides is 2. The van der Waals surface area contributed by atoms with Crippen LogP contribution in [-0.2, 0) is 32.1 Å². The third kappa shape index (κ3) is 10.3. The number of hydrogen-bond acceptors (Lipinski definition) is 7. The maximum Gasteiger partial charge on any atom is 0.246 e. The number of imidazole rings is 1. The Morgan fingerprint density at radius 1 is 0.903 bits per heavy atom. The Balaban J connectivity index is 0.00000121. The molecule has 0 radical (unpaired) electrons. The molecule has 2 aliphatic heterocycles. The van der Waals surface area contributed by atoms with Gasteiger partial charge in [-0.2, -0.15) is 0 Å². The van der Waals surface area contributed by atoms with Gasteiger partial charge in [0, 0.05) is 48.4 Å². The smallest absolute Gasteiger partial charge is 0.246 e. The Morgan fingerprint density at radius 3 is 2.11 bits per heavy atom. The van der Waals surface area contributed by atoms with E-state index in [-0.39, 0.29) is 62.1 Å². The molecule has 2 aromatic heterocycles. The summed E-state index contributed by atoms with van der Waals surface area (Å²) in [6, 6.07) is 5.35. The zero-order valence-electron chi connectivity index (χ0n) is 36.8. The van der Waals surface area contributed by atoms with Crippen molar-refractivity contribution in [3.05, 3.63) is 53.6 Å². The average molecular weight is 868 g/mol. The fourth-order valence-electron chi connectivity index (χ4n) is 8.51. The molecule has 2 aromatic carbocycles. The van der Waals surface area contributed by atoms with Gasteiger partial charge in [-0.1, -0.05) is 34.6 Å². The molecule has 7 rings (SSSR count). The molecule has 4 amide bonds. The second-order valence-electron chi connectivity index (χ2n) is 18.4. The normalized spacial score (nSPS) is 21.8. The van der Waals surface area contributed by atoms with E-state index >= 15 is 8.78 Å². The summed E-state index contributed by atoms with van der Waals surface area (Å²) in [7, 11) is 3.60. The first kappa shape index (κ1) is 46.5. The summed E-state index contributed by atoms with van der Waals surface area (Å²) in [6.45, 7) is 11.0. The highest BCUT2D eigenvalue weighted by atomic mass is 19.1. The maximum atomic E-state index is 15.4. The number of halogens is 4. The Morgan fingerprint density at radius 2 is 1.52 bits per heavy atom. The Hall–Kier alpha value is -5.03. The molecular formula is C45H61F4N9O4. The minimum absolute atomic E-state index is 0.00979. The highest BCUT2D eigenvalue weighted by Gasteiger charge is 2.46. The maximum absolute atomic E-state index is 15.4. The SMILES string of the molecule is CNC(C)C.CNC(C)C(=O)NC(C(=O)N1CC(F)CC1Cn1c(-c2[nH]c3cc(F)ccc3c2CC2CC(F)CN2C(=O)C(NC=O)C(C)(C)C)nc2cc(F)ccc21)C1CC1. The molecule has 5 N–H and O–H groups in total. The number of H-pyrrole nitrogens is 1. The first-order valence-electron chi connectivity index (χ1n) is 21.5. The third-order valence-corrected chi connectivity index (χ3v) is 12.3. The molecule has 13 nitrogen and oxygen atoms in total. The minimum atomic E-state index is -1.34. The van der Waals surface area contributed by atoms with Crippen LogP contribution in [0.25, 0.3) is 33.5 Å². The molecule has 338 valence electrons. The quantitative estimate of drug-likeness (QED) is 0.0867. The van der Waals surface area contributed by atoms with Gasteiger partial charge in [0.1, 0.15) is 36.1 Å². The number of likely N-dealkylation sites (N-methyl/N-ethyl adjacent to an activating group) is 1. The molecule has 3 fully saturated rings. The van der Waals surface area contributed by atoms with Crippen LogP contribution in [0.1, 0.15) is 72.8 Å². The summed E-state index contributed by atoms with van der Waals surface area (Å²) in [5, 5.41) is 12.0. The molecule has 7 unspecified atom stereocenters. The van der Waals surface area contributed by atoms with Crippen molar-refractivity contribution in [3.63, 3.8) is 0 Å². The molecule has 4 heterocycles. The van der Waals surface area contributed by atoms with Crippen molar-refractivity contribution in [3.8, 4) is 11.5 Å². The lowest BCUT2D eigenvalue weighted by Crippen LogP contribution is -2.54. The predicted octanol–water partition coefficient (Wildman–Crippen LogP) is 5.16. The zero-order valence-corrected chi connectivity index (χ0v) is 36.8. The van der Waals surface area contributed by atoms with Crippen LogP contribution in [0.4, 0.5) is 17.6 Å². The number of carbonyl (C=O) groups is 4. The van der Waals surface area contributed by atoms with E-state index < -0.39 is 65.5 Å². The largest absolute Gasteiger partial charge is 0.352 e. The second kappa shape index (κ2) is 19.2. The van der Waals surface area contributed by atoms with Gasteiger partial charge in [-0.3, -0.25) is 19.2 Å². The van der Waals surface area contributed by atoms with Crippen LogP contribution >= 0.6 is 0 Å². The van der Waals surface area contributed by atoms with Gasteiger partial charge in [-0.15, -0.1) is 0 Å². The van der Waals surface area contributed by atoms with E-state index in [0.717, 1.165) is 12.8 Å². The van der Waals surface area contributed by atoms with Gasteiger partial charge in [0.15, 0.2) is 5.82 Å². The number of fused-ring (bicyclic) bond motifs is 2. The van der Waals surface area contributed by atoms with E-state index in [1.165, 1.54) is 34.1 Å². The van der Waals surface area contributed by atoms with Crippen LogP contribution in [0, 0.1) is 23.0 Å². The van der Waals surface area contributed by atoms with E-state index in [9.17, 15) is 28.0 Å². The van der Waals surface area contributed by atoms with Crippen molar-refractivity contribution < 1.29 is 36.7 Å².